The number of carbonyl (C=O) groups is 2. The summed E-state index contributed by atoms with van der Waals surface area (Å²) in [6, 6.07) is 5.81. The van der Waals surface area contributed by atoms with Crippen molar-refractivity contribution in [2.75, 3.05) is 12.4 Å². The highest BCUT2D eigenvalue weighted by molar-refractivity contribution is 7.16. The first kappa shape index (κ1) is 18.3. The van der Waals surface area contributed by atoms with E-state index in [1.54, 1.807) is 19.1 Å². The molecule has 130 valence electrons. The number of benzene rings is 1. The molecule has 0 radical (unpaired) electrons. The number of rotatable bonds is 5. The van der Waals surface area contributed by atoms with Gasteiger partial charge in [-0.15, -0.1) is 11.3 Å². The van der Waals surface area contributed by atoms with E-state index in [1.807, 2.05) is 6.92 Å². The van der Waals surface area contributed by atoms with Crippen molar-refractivity contribution < 1.29 is 19.2 Å². The van der Waals surface area contributed by atoms with Gasteiger partial charge < -0.3 is 10.1 Å². The van der Waals surface area contributed by atoms with Crippen LogP contribution in [0.4, 0.5) is 10.7 Å². The third kappa shape index (κ3) is 4.30. The number of ether oxygens (including phenoxy) is 1. The minimum Gasteiger partial charge on any atom is -0.465 e. The third-order valence-electron chi connectivity index (χ3n) is 3.54. The van der Waals surface area contributed by atoms with Gasteiger partial charge in [0.2, 0.25) is 5.91 Å². The molecule has 1 N–H and O–H groups in total. The van der Waals surface area contributed by atoms with Crippen LogP contribution in [-0.2, 0) is 9.53 Å². The highest BCUT2D eigenvalue weighted by atomic mass is 32.1. The summed E-state index contributed by atoms with van der Waals surface area (Å²) >= 11 is 1.30. The Bertz CT molecular complexity index is 853. The maximum absolute atomic E-state index is 12.1. The van der Waals surface area contributed by atoms with Crippen molar-refractivity contribution in [3.8, 4) is 0 Å². The lowest BCUT2D eigenvalue weighted by Gasteiger charge is -2.04. The van der Waals surface area contributed by atoms with E-state index < -0.39 is 16.8 Å². The number of hydrogen-bond acceptors (Lipinski definition) is 6. The van der Waals surface area contributed by atoms with Crippen LogP contribution >= 0.6 is 11.3 Å². The van der Waals surface area contributed by atoms with Gasteiger partial charge in [-0.25, -0.2) is 4.79 Å². The summed E-state index contributed by atoms with van der Waals surface area (Å²) in [5.41, 5.74) is 1.75. The zero-order chi connectivity index (χ0) is 18.6. The van der Waals surface area contributed by atoms with E-state index in [0.717, 1.165) is 10.4 Å². The molecule has 0 saturated heterocycles. The van der Waals surface area contributed by atoms with Gasteiger partial charge in [-0.3, -0.25) is 14.9 Å². The monoisotopic (exact) mass is 360 g/mol. The first-order valence-corrected chi connectivity index (χ1v) is 8.07. The van der Waals surface area contributed by atoms with Gasteiger partial charge in [0.25, 0.3) is 5.69 Å². The second kappa shape index (κ2) is 7.71. The van der Waals surface area contributed by atoms with Gasteiger partial charge in [0.05, 0.1) is 17.6 Å². The largest absolute Gasteiger partial charge is 0.465 e. The number of esters is 1. The normalized spacial score (nSPS) is 10.7. The second-order valence-corrected chi connectivity index (χ2v) is 6.37. The van der Waals surface area contributed by atoms with E-state index in [1.165, 1.54) is 42.7 Å². The van der Waals surface area contributed by atoms with Crippen LogP contribution in [0.15, 0.2) is 30.3 Å². The van der Waals surface area contributed by atoms with Crippen molar-refractivity contribution in [3.63, 3.8) is 0 Å². The van der Waals surface area contributed by atoms with E-state index in [-0.39, 0.29) is 5.69 Å². The van der Waals surface area contributed by atoms with Crippen LogP contribution in [0.3, 0.4) is 0 Å². The molecule has 0 aliphatic carbocycles. The molecule has 25 heavy (non-hydrogen) atoms. The molecule has 0 aliphatic heterocycles. The smallest absolute Gasteiger partial charge is 0.341 e. The summed E-state index contributed by atoms with van der Waals surface area (Å²) < 4.78 is 4.76. The molecular weight excluding hydrogens is 344 g/mol. The summed E-state index contributed by atoms with van der Waals surface area (Å²) in [6.07, 6.45) is 2.83. The van der Waals surface area contributed by atoms with Gasteiger partial charge in [-0.1, -0.05) is 0 Å². The molecular formula is C17H16N2O5S. The lowest BCUT2D eigenvalue weighted by molar-refractivity contribution is -0.384. The van der Waals surface area contributed by atoms with Crippen LogP contribution < -0.4 is 5.32 Å². The summed E-state index contributed by atoms with van der Waals surface area (Å²) in [5.74, 6) is -0.916. The van der Waals surface area contributed by atoms with Crippen molar-refractivity contribution in [2.24, 2.45) is 0 Å². The number of aryl methyl sites for hydroxylation is 1. The van der Waals surface area contributed by atoms with Gasteiger partial charge in [-0.2, -0.15) is 0 Å². The van der Waals surface area contributed by atoms with E-state index in [9.17, 15) is 19.7 Å². The number of anilines is 1. The van der Waals surface area contributed by atoms with E-state index >= 15 is 0 Å². The van der Waals surface area contributed by atoms with Gasteiger partial charge in [0, 0.05) is 23.1 Å². The van der Waals surface area contributed by atoms with Crippen molar-refractivity contribution in [1.82, 2.24) is 0 Å². The number of thiophene rings is 1. The van der Waals surface area contributed by atoms with Gasteiger partial charge in [0.1, 0.15) is 5.00 Å². The highest BCUT2D eigenvalue weighted by Crippen LogP contribution is 2.32. The molecule has 1 aromatic carbocycles. The number of non-ortho nitro benzene ring substituents is 1. The summed E-state index contributed by atoms with van der Waals surface area (Å²) in [4.78, 5) is 35.0. The number of nitro groups is 1. The van der Waals surface area contributed by atoms with Crippen LogP contribution in [0.5, 0.6) is 0 Å². The number of methoxy groups -OCH3 is 1. The fourth-order valence-electron chi connectivity index (χ4n) is 2.10. The minimum atomic E-state index is -0.503. The Morgan fingerprint density at radius 3 is 2.44 bits per heavy atom. The summed E-state index contributed by atoms with van der Waals surface area (Å²) in [5, 5.41) is 13.7. The van der Waals surface area contributed by atoms with E-state index in [0.29, 0.717) is 16.1 Å². The van der Waals surface area contributed by atoms with Crippen LogP contribution in [0, 0.1) is 24.0 Å². The summed E-state index contributed by atoms with van der Waals surface area (Å²) in [7, 11) is 1.29. The topological polar surface area (TPSA) is 98.5 Å². The summed E-state index contributed by atoms with van der Waals surface area (Å²) in [6.45, 7) is 3.65. The average Bonchev–Trinajstić information content (AvgIpc) is 2.86. The van der Waals surface area contributed by atoms with Crippen molar-refractivity contribution >= 4 is 40.0 Å². The third-order valence-corrected chi connectivity index (χ3v) is 4.67. The molecule has 8 heteroatoms. The lowest BCUT2D eigenvalue weighted by atomic mass is 10.1. The predicted molar refractivity (Wildman–Crippen MR) is 95.9 cm³/mol. The number of carbonyl (C=O) groups excluding carboxylic acids is 2. The Morgan fingerprint density at radius 2 is 1.88 bits per heavy atom. The Hall–Kier alpha value is -3.00. The lowest BCUT2D eigenvalue weighted by Crippen LogP contribution is -2.11. The van der Waals surface area contributed by atoms with Crippen LogP contribution in [0.2, 0.25) is 0 Å². The maximum atomic E-state index is 12.1. The zero-order valence-electron chi connectivity index (χ0n) is 13.9. The van der Waals surface area contributed by atoms with Gasteiger partial charge in [0.15, 0.2) is 0 Å². The number of hydrogen-bond donors (Lipinski definition) is 1. The first-order chi connectivity index (χ1) is 11.8. The molecule has 2 aromatic rings. The molecule has 7 nitrogen and oxygen atoms in total. The van der Waals surface area contributed by atoms with Crippen LogP contribution in [0.25, 0.3) is 6.08 Å². The molecule has 0 unspecified atom stereocenters. The fraction of sp³-hybridized carbons (Fsp3) is 0.176. The molecule has 0 fully saturated rings. The molecule has 0 spiro atoms. The molecule has 1 aromatic heterocycles. The van der Waals surface area contributed by atoms with Crippen molar-refractivity contribution in [3.05, 3.63) is 62.0 Å². The highest BCUT2D eigenvalue weighted by Gasteiger charge is 2.20. The number of amides is 1. The SMILES string of the molecule is COC(=O)c1c(NC(=O)/C=C/c2ccc([N+](=O)[O-])cc2)sc(C)c1C. The van der Waals surface area contributed by atoms with Gasteiger partial charge >= 0.3 is 5.97 Å². The van der Waals surface area contributed by atoms with E-state index in [2.05, 4.69) is 5.32 Å². The molecule has 0 atom stereocenters. The zero-order valence-corrected chi connectivity index (χ0v) is 14.7. The maximum Gasteiger partial charge on any atom is 0.341 e. The molecule has 0 saturated carbocycles. The Labute approximate surface area is 148 Å². The van der Waals surface area contributed by atoms with Crippen LogP contribution in [-0.4, -0.2) is 23.9 Å². The predicted octanol–water partition coefficient (Wildman–Crippen LogP) is 3.71. The average molecular weight is 360 g/mol. The number of nitro benzene ring substituents is 1. The molecule has 0 aliphatic rings. The molecule has 1 heterocycles. The van der Waals surface area contributed by atoms with Gasteiger partial charge in [-0.05, 0) is 43.2 Å². The first-order valence-electron chi connectivity index (χ1n) is 7.25. The standard InChI is InChI=1S/C17H16N2O5S/c1-10-11(2)25-16(15(10)17(21)24-3)18-14(20)9-6-12-4-7-13(8-5-12)19(22)23/h4-9H,1-3H3,(H,18,20)/b9-6+. The Balaban J connectivity index is 2.14. The molecule has 1 amide bonds. The van der Waals surface area contributed by atoms with Crippen molar-refractivity contribution in [2.45, 2.75) is 13.8 Å². The second-order valence-electron chi connectivity index (χ2n) is 5.15. The fourth-order valence-corrected chi connectivity index (χ4v) is 3.15. The van der Waals surface area contributed by atoms with Crippen LogP contribution in [0.1, 0.15) is 26.4 Å². The van der Waals surface area contributed by atoms with E-state index in [4.69, 9.17) is 4.74 Å². The Kier molecular flexibility index (Phi) is 5.66. The minimum absolute atomic E-state index is 0.0196. The molecule has 2 rings (SSSR count). The molecule has 0 bridgehead atoms. The quantitative estimate of drug-likeness (QED) is 0.379. The Morgan fingerprint density at radius 1 is 1.24 bits per heavy atom. The number of nitrogens with one attached hydrogen (secondary N) is 1. The van der Waals surface area contributed by atoms with Crippen molar-refractivity contribution in [1.29, 1.82) is 0 Å². The number of nitrogens with zero attached hydrogens (tertiary/aromatic N) is 1.